The molecule has 0 radical (unpaired) electrons. The highest BCUT2D eigenvalue weighted by Crippen LogP contribution is 2.32. The first-order chi connectivity index (χ1) is 12.1. The Morgan fingerprint density at radius 3 is 2.44 bits per heavy atom. The SMILES string of the molecule is Cl.Cl.NCCCN1C(=O)CC[C@H]2CN(C(=O)c3ccc(CN)cc3)CC[C@H]21. The number of benzene rings is 1. The number of likely N-dealkylation sites (tertiary alicyclic amines) is 2. The van der Waals surface area contributed by atoms with E-state index in [9.17, 15) is 9.59 Å². The number of nitrogens with zero attached hydrogens (tertiary/aromatic N) is 2. The van der Waals surface area contributed by atoms with Crippen molar-refractivity contribution in [2.24, 2.45) is 17.4 Å². The first kappa shape index (κ1) is 23.7. The third-order valence-corrected chi connectivity index (χ3v) is 5.47. The van der Waals surface area contributed by atoms with Gasteiger partial charge in [-0.15, -0.1) is 24.8 Å². The van der Waals surface area contributed by atoms with Crippen LogP contribution in [0.1, 0.15) is 41.6 Å². The van der Waals surface area contributed by atoms with Gasteiger partial charge in [0.2, 0.25) is 5.91 Å². The second-order valence-electron chi connectivity index (χ2n) is 7.04. The van der Waals surface area contributed by atoms with E-state index in [-0.39, 0.29) is 42.7 Å². The molecule has 0 bridgehead atoms. The molecular weight excluding hydrogens is 387 g/mol. The van der Waals surface area contributed by atoms with Gasteiger partial charge in [0.15, 0.2) is 0 Å². The van der Waals surface area contributed by atoms with E-state index in [1.165, 1.54) is 0 Å². The Kier molecular flexibility index (Phi) is 9.53. The van der Waals surface area contributed by atoms with E-state index >= 15 is 0 Å². The van der Waals surface area contributed by atoms with Gasteiger partial charge < -0.3 is 21.3 Å². The molecule has 2 atom stereocenters. The number of amides is 2. The third kappa shape index (κ3) is 5.35. The van der Waals surface area contributed by atoms with Gasteiger partial charge in [-0.05, 0) is 49.4 Å². The fourth-order valence-electron chi connectivity index (χ4n) is 4.05. The van der Waals surface area contributed by atoms with E-state index in [4.69, 9.17) is 11.5 Å². The van der Waals surface area contributed by atoms with Crippen molar-refractivity contribution in [1.29, 1.82) is 0 Å². The zero-order valence-electron chi connectivity index (χ0n) is 15.5. The summed E-state index contributed by atoms with van der Waals surface area (Å²) < 4.78 is 0. The van der Waals surface area contributed by atoms with Crippen LogP contribution in [0.25, 0.3) is 0 Å². The standard InChI is InChI=1S/C19H28N4O2.2ClH/c20-9-1-10-23-17-8-11-22(13-16(17)6-7-18(23)24)19(25)15-4-2-14(12-21)3-5-15;;/h2-5,16-17H,1,6-13,20-21H2;2*1H/t16-,17+;;/m0../s1. The summed E-state index contributed by atoms with van der Waals surface area (Å²) >= 11 is 0. The molecule has 0 saturated carbocycles. The van der Waals surface area contributed by atoms with E-state index in [0.29, 0.717) is 37.5 Å². The van der Waals surface area contributed by atoms with Crippen LogP contribution < -0.4 is 11.5 Å². The molecule has 2 heterocycles. The molecule has 2 aliphatic heterocycles. The van der Waals surface area contributed by atoms with Gasteiger partial charge >= 0.3 is 0 Å². The van der Waals surface area contributed by atoms with Crippen LogP contribution in [-0.2, 0) is 11.3 Å². The normalized spacial score (nSPS) is 21.8. The van der Waals surface area contributed by atoms with E-state index in [1.54, 1.807) is 0 Å². The topological polar surface area (TPSA) is 92.7 Å². The summed E-state index contributed by atoms with van der Waals surface area (Å²) in [6.45, 7) is 3.25. The molecule has 1 aromatic carbocycles. The molecule has 4 N–H and O–H groups in total. The average molecular weight is 417 g/mol. The maximum absolute atomic E-state index is 12.8. The van der Waals surface area contributed by atoms with Gasteiger partial charge in [0, 0.05) is 44.2 Å². The van der Waals surface area contributed by atoms with Crippen LogP contribution in [0.5, 0.6) is 0 Å². The first-order valence-corrected chi connectivity index (χ1v) is 9.22. The molecule has 0 unspecified atom stereocenters. The van der Waals surface area contributed by atoms with Gasteiger partial charge in [0.25, 0.3) is 5.91 Å². The summed E-state index contributed by atoms with van der Waals surface area (Å²) in [4.78, 5) is 29.0. The summed E-state index contributed by atoms with van der Waals surface area (Å²) in [6.07, 6.45) is 3.15. The maximum Gasteiger partial charge on any atom is 0.253 e. The number of fused-ring (bicyclic) bond motifs is 1. The number of carbonyl (C=O) groups is 2. The number of hydrogen-bond donors (Lipinski definition) is 2. The molecule has 2 saturated heterocycles. The smallest absolute Gasteiger partial charge is 0.253 e. The molecule has 2 amide bonds. The molecular formula is C19H30Cl2N4O2. The second-order valence-corrected chi connectivity index (χ2v) is 7.04. The van der Waals surface area contributed by atoms with Crippen molar-refractivity contribution in [3.63, 3.8) is 0 Å². The van der Waals surface area contributed by atoms with Crippen LogP contribution in [0.3, 0.4) is 0 Å². The van der Waals surface area contributed by atoms with E-state index < -0.39 is 0 Å². The molecule has 0 aromatic heterocycles. The Bertz CT molecular complexity index is 627. The molecule has 3 rings (SSSR count). The average Bonchev–Trinajstić information content (AvgIpc) is 2.66. The van der Waals surface area contributed by atoms with Crippen LogP contribution in [0.4, 0.5) is 0 Å². The molecule has 27 heavy (non-hydrogen) atoms. The summed E-state index contributed by atoms with van der Waals surface area (Å²) in [5, 5.41) is 0. The molecule has 1 aromatic rings. The lowest BCUT2D eigenvalue weighted by Crippen LogP contribution is -2.57. The minimum Gasteiger partial charge on any atom is -0.339 e. The van der Waals surface area contributed by atoms with Crippen LogP contribution >= 0.6 is 24.8 Å². The minimum absolute atomic E-state index is 0. The number of rotatable bonds is 5. The van der Waals surface area contributed by atoms with E-state index in [2.05, 4.69) is 0 Å². The lowest BCUT2D eigenvalue weighted by atomic mass is 9.83. The number of hydrogen-bond acceptors (Lipinski definition) is 4. The highest BCUT2D eigenvalue weighted by atomic mass is 35.5. The first-order valence-electron chi connectivity index (χ1n) is 9.22. The predicted molar refractivity (Wildman–Crippen MR) is 111 cm³/mol. The Morgan fingerprint density at radius 2 is 1.81 bits per heavy atom. The quantitative estimate of drug-likeness (QED) is 0.764. The Labute approximate surface area is 173 Å². The largest absolute Gasteiger partial charge is 0.339 e. The van der Waals surface area contributed by atoms with Crippen LogP contribution in [0, 0.1) is 5.92 Å². The van der Waals surface area contributed by atoms with Crippen molar-refractivity contribution in [3.8, 4) is 0 Å². The lowest BCUT2D eigenvalue weighted by molar-refractivity contribution is -0.140. The van der Waals surface area contributed by atoms with Crippen molar-refractivity contribution in [2.45, 2.75) is 38.3 Å². The Hall–Kier alpha value is -1.34. The van der Waals surface area contributed by atoms with Crippen molar-refractivity contribution in [2.75, 3.05) is 26.2 Å². The monoisotopic (exact) mass is 416 g/mol. The molecule has 0 spiro atoms. The van der Waals surface area contributed by atoms with Crippen molar-refractivity contribution in [3.05, 3.63) is 35.4 Å². The summed E-state index contributed by atoms with van der Waals surface area (Å²) in [5.74, 6) is 0.691. The molecule has 2 fully saturated rings. The summed E-state index contributed by atoms with van der Waals surface area (Å²) in [6, 6.07) is 7.79. The van der Waals surface area contributed by atoms with Gasteiger partial charge in [-0.25, -0.2) is 0 Å². The minimum atomic E-state index is 0. The summed E-state index contributed by atoms with van der Waals surface area (Å²) in [5.41, 5.74) is 13.0. The van der Waals surface area contributed by atoms with Gasteiger partial charge in [-0.3, -0.25) is 9.59 Å². The second kappa shape index (κ2) is 10.9. The number of carbonyl (C=O) groups excluding carboxylic acids is 2. The van der Waals surface area contributed by atoms with E-state index in [1.807, 2.05) is 34.1 Å². The van der Waals surface area contributed by atoms with E-state index in [0.717, 1.165) is 37.9 Å². The van der Waals surface area contributed by atoms with Gasteiger partial charge in [0.1, 0.15) is 0 Å². The van der Waals surface area contributed by atoms with Crippen molar-refractivity contribution < 1.29 is 9.59 Å². The van der Waals surface area contributed by atoms with Crippen LogP contribution in [0.2, 0.25) is 0 Å². The van der Waals surface area contributed by atoms with Crippen molar-refractivity contribution in [1.82, 2.24) is 9.80 Å². The summed E-state index contributed by atoms with van der Waals surface area (Å²) in [7, 11) is 0. The Balaban J connectivity index is 0.00000182. The van der Waals surface area contributed by atoms with Crippen LogP contribution in [-0.4, -0.2) is 53.8 Å². The molecule has 6 nitrogen and oxygen atoms in total. The highest BCUT2D eigenvalue weighted by molar-refractivity contribution is 5.94. The number of halogens is 2. The fraction of sp³-hybridized carbons (Fsp3) is 0.579. The molecule has 8 heteroatoms. The van der Waals surface area contributed by atoms with Gasteiger partial charge in [0.05, 0.1) is 0 Å². The zero-order valence-corrected chi connectivity index (χ0v) is 17.1. The number of piperidine rings is 2. The molecule has 0 aliphatic carbocycles. The Morgan fingerprint density at radius 1 is 1.11 bits per heavy atom. The molecule has 152 valence electrons. The lowest BCUT2D eigenvalue weighted by Gasteiger charge is -2.47. The highest BCUT2D eigenvalue weighted by Gasteiger charge is 2.40. The van der Waals surface area contributed by atoms with Gasteiger partial charge in [-0.1, -0.05) is 12.1 Å². The van der Waals surface area contributed by atoms with Crippen LogP contribution in [0.15, 0.2) is 24.3 Å². The zero-order chi connectivity index (χ0) is 17.8. The maximum atomic E-state index is 12.8. The predicted octanol–water partition coefficient (Wildman–Crippen LogP) is 1.79. The van der Waals surface area contributed by atoms with Crippen molar-refractivity contribution >= 4 is 36.6 Å². The third-order valence-electron chi connectivity index (χ3n) is 5.47. The fourth-order valence-corrected chi connectivity index (χ4v) is 4.05. The number of nitrogens with two attached hydrogens (primary N) is 2. The van der Waals surface area contributed by atoms with Gasteiger partial charge in [-0.2, -0.15) is 0 Å². The molecule has 2 aliphatic rings.